The smallest absolute Gasteiger partial charge is 0.258 e. The molecular formula is C20H25NO2. The summed E-state index contributed by atoms with van der Waals surface area (Å²) >= 11 is 0. The average molecular weight is 311 g/mol. The number of carbonyl (C=O) groups excluding carboxylic acids is 1. The molecule has 0 bridgehead atoms. The molecule has 23 heavy (non-hydrogen) atoms. The molecule has 2 aromatic carbocycles. The standard InChI is InChI=1S/C20H25NO2/c1-4-15(2)18-12-8-9-13-19(18)23-14-20(22)21-16(3)17-10-6-5-7-11-17/h5-13,15-16H,4,14H2,1-3H3,(H,21,22). The van der Waals surface area contributed by atoms with Gasteiger partial charge in [-0.25, -0.2) is 0 Å². The fraction of sp³-hybridized carbons (Fsp3) is 0.350. The number of carbonyl (C=O) groups is 1. The Kier molecular flexibility index (Phi) is 6.21. The van der Waals surface area contributed by atoms with Crippen LogP contribution >= 0.6 is 0 Å². The van der Waals surface area contributed by atoms with Crippen LogP contribution in [0.2, 0.25) is 0 Å². The van der Waals surface area contributed by atoms with Crippen LogP contribution in [0.3, 0.4) is 0 Å². The molecular weight excluding hydrogens is 286 g/mol. The lowest BCUT2D eigenvalue weighted by Gasteiger charge is -2.17. The van der Waals surface area contributed by atoms with E-state index in [4.69, 9.17) is 4.74 Å². The SMILES string of the molecule is CCC(C)c1ccccc1OCC(=O)NC(C)c1ccccc1. The molecule has 0 aliphatic heterocycles. The summed E-state index contributed by atoms with van der Waals surface area (Å²) < 4.78 is 5.75. The van der Waals surface area contributed by atoms with Gasteiger partial charge in [-0.15, -0.1) is 0 Å². The lowest BCUT2D eigenvalue weighted by molar-refractivity contribution is -0.123. The number of rotatable bonds is 7. The van der Waals surface area contributed by atoms with E-state index in [1.54, 1.807) is 0 Å². The highest BCUT2D eigenvalue weighted by molar-refractivity contribution is 5.78. The molecule has 0 saturated carbocycles. The van der Waals surface area contributed by atoms with E-state index < -0.39 is 0 Å². The Hall–Kier alpha value is -2.29. The summed E-state index contributed by atoms with van der Waals surface area (Å²) in [6.07, 6.45) is 1.04. The van der Waals surface area contributed by atoms with Crippen LogP contribution in [0.25, 0.3) is 0 Å². The number of ether oxygens (including phenoxy) is 1. The predicted octanol–water partition coefficient (Wildman–Crippen LogP) is 4.46. The van der Waals surface area contributed by atoms with E-state index in [0.717, 1.165) is 23.3 Å². The van der Waals surface area contributed by atoms with Crippen molar-refractivity contribution in [3.05, 3.63) is 65.7 Å². The van der Waals surface area contributed by atoms with Crippen LogP contribution in [-0.2, 0) is 4.79 Å². The van der Waals surface area contributed by atoms with Crippen LogP contribution in [0.15, 0.2) is 54.6 Å². The molecule has 1 amide bonds. The van der Waals surface area contributed by atoms with Crippen molar-refractivity contribution in [1.82, 2.24) is 5.32 Å². The van der Waals surface area contributed by atoms with Crippen molar-refractivity contribution in [2.75, 3.05) is 6.61 Å². The summed E-state index contributed by atoms with van der Waals surface area (Å²) in [5.74, 6) is 1.10. The average Bonchev–Trinajstić information content (AvgIpc) is 2.60. The second-order valence-electron chi connectivity index (χ2n) is 5.84. The molecule has 0 aromatic heterocycles. The Morgan fingerprint density at radius 2 is 1.70 bits per heavy atom. The van der Waals surface area contributed by atoms with E-state index in [2.05, 4.69) is 25.2 Å². The van der Waals surface area contributed by atoms with Crippen LogP contribution in [0.5, 0.6) is 5.75 Å². The normalized spacial score (nSPS) is 13.2. The van der Waals surface area contributed by atoms with Crippen LogP contribution in [0, 0.1) is 0 Å². The molecule has 1 N–H and O–H groups in total. The summed E-state index contributed by atoms with van der Waals surface area (Å²) in [4.78, 5) is 12.1. The summed E-state index contributed by atoms with van der Waals surface area (Å²) in [6.45, 7) is 6.32. The zero-order chi connectivity index (χ0) is 16.7. The summed E-state index contributed by atoms with van der Waals surface area (Å²) in [6, 6.07) is 17.8. The monoisotopic (exact) mass is 311 g/mol. The third-order valence-electron chi connectivity index (χ3n) is 4.10. The molecule has 2 aromatic rings. The third-order valence-corrected chi connectivity index (χ3v) is 4.10. The highest BCUT2D eigenvalue weighted by Crippen LogP contribution is 2.28. The van der Waals surface area contributed by atoms with Gasteiger partial charge in [-0.1, -0.05) is 62.4 Å². The summed E-state index contributed by atoms with van der Waals surface area (Å²) in [7, 11) is 0. The Morgan fingerprint density at radius 3 is 2.39 bits per heavy atom. The number of benzene rings is 2. The first-order valence-electron chi connectivity index (χ1n) is 8.17. The van der Waals surface area contributed by atoms with Crippen molar-refractivity contribution < 1.29 is 9.53 Å². The Labute approximate surface area is 138 Å². The fourth-order valence-electron chi connectivity index (χ4n) is 2.49. The highest BCUT2D eigenvalue weighted by Gasteiger charge is 2.13. The van der Waals surface area contributed by atoms with Crippen molar-refractivity contribution in [1.29, 1.82) is 0 Å². The van der Waals surface area contributed by atoms with E-state index in [1.807, 2.05) is 55.5 Å². The quantitative estimate of drug-likeness (QED) is 0.820. The molecule has 0 fully saturated rings. The van der Waals surface area contributed by atoms with Crippen LogP contribution in [0.4, 0.5) is 0 Å². The van der Waals surface area contributed by atoms with Gasteiger partial charge >= 0.3 is 0 Å². The van der Waals surface area contributed by atoms with E-state index in [0.29, 0.717) is 5.92 Å². The molecule has 2 unspecified atom stereocenters. The molecule has 2 atom stereocenters. The van der Waals surface area contributed by atoms with E-state index >= 15 is 0 Å². The van der Waals surface area contributed by atoms with E-state index in [1.165, 1.54) is 0 Å². The van der Waals surface area contributed by atoms with Crippen LogP contribution < -0.4 is 10.1 Å². The van der Waals surface area contributed by atoms with Crippen molar-refractivity contribution in [3.63, 3.8) is 0 Å². The first-order chi connectivity index (χ1) is 11.1. The van der Waals surface area contributed by atoms with Gasteiger partial charge in [0.25, 0.3) is 5.91 Å². The molecule has 0 heterocycles. The topological polar surface area (TPSA) is 38.3 Å². The Morgan fingerprint density at radius 1 is 1.04 bits per heavy atom. The van der Waals surface area contributed by atoms with E-state index in [9.17, 15) is 4.79 Å². The minimum absolute atomic E-state index is 0.0305. The minimum atomic E-state index is -0.111. The van der Waals surface area contributed by atoms with Gasteiger partial charge in [0.2, 0.25) is 0 Å². The second-order valence-corrected chi connectivity index (χ2v) is 5.84. The molecule has 0 spiro atoms. The van der Waals surface area contributed by atoms with Crippen LogP contribution in [0.1, 0.15) is 50.3 Å². The zero-order valence-electron chi connectivity index (χ0n) is 14.1. The molecule has 0 saturated heterocycles. The van der Waals surface area contributed by atoms with E-state index in [-0.39, 0.29) is 18.6 Å². The van der Waals surface area contributed by atoms with Gasteiger partial charge in [-0.2, -0.15) is 0 Å². The maximum absolute atomic E-state index is 12.1. The number of amides is 1. The molecule has 122 valence electrons. The molecule has 0 aliphatic rings. The van der Waals surface area contributed by atoms with Gasteiger partial charge in [0, 0.05) is 0 Å². The third kappa shape index (κ3) is 4.85. The maximum Gasteiger partial charge on any atom is 0.258 e. The van der Waals surface area contributed by atoms with Crippen LogP contribution in [-0.4, -0.2) is 12.5 Å². The van der Waals surface area contributed by atoms with Gasteiger partial charge in [0.15, 0.2) is 6.61 Å². The van der Waals surface area contributed by atoms with Gasteiger partial charge in [0.05, 0.1) is 6.04 Å². The van der Waals surface area contributed by atoms with Crippen molar-refractivity contribution >= 4 is 5.91 Å². The first kappa shape index (κ1) is 17.1. The van der Waals surface area contributed by atoms with Gasteiger partial charge in [-0.3, -0.25) is 4.79 Å². The van der Waals surface area contributed by atoms with Crippen molar-refractivity contribution in [3.8, 4) is 5.75 Å². The van der Waals surface area contributed by atoms with Gasteiger partial charge in [0.1, 0.15) is 5.75 Å². The number of hydrogen-bond acceptors (Lipinski definition) is 2. The number of nitrogens with one attached hydrogen (secondary N) is 1. The minimum Gasteiger partial charge on any atom is -0.483 e. The van der Waals surface area contributed by atoms with Gasteiger partial charge < -0.3 is 10.1 Å². The largest absolute Gasteiger partial charge is 0.483 e. The predicted molar refractivity (Wildman–Crippen MR) is 93.6 cm³/mol. The summed E-state index contributed by atoms with van der Waals surface area (Å²) in [5.41, 5.74) is 2.24. The molecule has 0 aliphatic carbocycles. The number of para-hydroxylation sites is 1. The molecule has 3 heteroatoms. The second kappa shape index (κ2) is 8.37. The maximum atomic E-state index is 12.1. The Bertz CT molecular complexity index is 625. The lowest BCUT2D eigenvalue weighted by Crippen LogP contribution is -2.31. The van der Waals surface area contributed by atoms with Crippen molar-refractivity contribution in [2.45, 2.75) is 39.2 Å². The van der Waals surface area contributed by atoms with Gasteiger partial charge in [-0.05, 0) is 36.5 Å². The molecule has 2 rings (SSSR count). The van der Waals surface area contributed by atoms with Crippen molar-refractivity contribution in [2.24, 2.45) is 0 Å². The fourth-order valence-corrected chi connectivity index (χ4v) is 2.49. The number of hydrogen-bond donors (Lipinski definition) is 1. The zero-order valence-corrected chi connectivity index (χ0v) is 14.1. The lowest BCUT2D eigenvalue weighted by atomic mass is 9.98. The molecule has 3 nitrogen and oxygen atoms in total. The highest BCUT2D eigenvalue weighted by atomic mass is 16.5. The molecule has 0 radical (unpaired) electrons. The first-order valence-corrected chi connectivity index (χ1v) is 8.17. The summed E-state index contributed by atoms with van der Waals surface area (Å²) in [5, 5.41) is 2.97. The Balaban J connectivity index is 1.92.